The minimum atomic E-state index is -0.224. The van der Waals surface area contributed by atoms with Gasteiger partial charge < -0.3 is 20.8 Å². The summed E-state index contributed by atoms with van der Waals surface area (Å²) in [4.78, 5) is 5.69. The van der Waals surface area contributed by atoms with Crippen LogP contribution in [0.15, 0.2) is 24.4 Å². The minimum Gasteiger partial charge on any atom is -0.396 e. The molecule has 0 saturated carbocycles. The summed E-state index contributed by atoms with van der Waals surface area (Å²) in [5.41, 5.74) is 2.57. The molecule has 0 radical (unpaired) electrons. The first-order valence-corrected chi connectivity index (χ1v) is 8.98. The quantitative estimate of drug-likeness (QED) is 0.422. The van der Waals surface area contributed by atoms with Crippen molar-refractivity contribution < 1.29 is 10.2 Å². The smallest absolute Gasteiger partial charge is 0.128 e. The fourth-order valence-electron chi connectivity index (χ4n) is 2.34. The van der Waals surface area contributed by atoms with E-state index in [4.69, 9.17) is 5.11 Å². The zero-order valence-corrected chi connectivity index (χ0v) is 15.2. The Morgan fingerprint density at radius 1 is 1.24 bits per heavy atom. The molecular formula is C17H23N5O2S. The molecule has 0 unspecified atom stereocenters. The number of aliphatic hydroxyl groups excluding tert-OH is 2. The lowest BCUT2D eigenvalue weighted by molar-refractivity contribution is 0.171. The van der Waals surface area contributed by atoms with Gasteiger partial charge in [0.05, 0.1) is 33.1 Å². The highest BCUT2D eigenvalue weighted by molar-refractivity contribution is 7.22. The molecular weight excluding hydrogens is 338 g/mol. The molecule has 5 N–H and O–H groups in total. The summed E-state index contributed by atoms with van der Waals surface area (Å²) in [6, 6.07) is 5.90. The monoisotopic (exact) mass is 361 g/mol. The van der Waals surface area contributed by atoms with Crippen LogP contribution in [0.2, 0.25) is 0 Å². The van der Waals surface area contributed by atoms with Gasteiger partial charge in [-0.2, -0.15) is 5.10 Å². The van der Waals surface area contributed by atoms with Crippen LogP contribution in [0.5, 0.6) is 0 Å². The Kier molecular flexibility index (Phi) is 5.22. The fourth-order valence-corrected chi connectivity index (χ4v) is 3.41. The summed E-state index contributed by atoms with van der Waals surface area (Å²) in [6.45, 7) is 5.25. The topological polar surface area (TPSA) is 106 Å². The second kappa shape index (κ2) is 7.38. The second-order valence-electron chi connectivity index (χ2n) is 6.68. The van der Waals surface area contributed by atoms with Gasteiger partial charge in [-0.05, 0) is 12.1 Å². The van der Waals surface area contributed by atoms with Crippen molar-refractivity contribution in [3.05, 3.63) is 24.4 Å². The van der Waals surface area contributed by atoms with Crippen LogP contribution < -0.4 is 10.6 Å². The molecule has 0 spiro atoms. The number of anilines is 2. The maximum atomic E-state index is 9.48. The fraction of sp³-hybridized carbons (Fsp3) is 0.412. The largest absolute Gasteiger partial charge is 0.396 e. The highest BCUT2D eigenvalue weighted by atomic mass is 32.1. The van der Waals surface area contributed by atoms with Crippen LogP contribution >= 0.6 is 11.3 Å². The normalized spacial score (nSPS) is 11.8. The van der Waals surface area contributed by atoms with E-state index in [9.17, 15) is 5.11 Å². The van der Waals surface area contributed by atoms with Crippen molar-refractivity contribution in [3.63, 3.8) is 0 Å². The number of pyridine rings is 1. The Labute approximate surface area is 150 Å². The Morgan fingerprint density at radius 3 is 2.76 bits per heavy atom. The summed E-state index contributed by atoms with van der Waals surface area (Å²) in [7, 11) is 0. The van der Waals surface area contributed by atoms with Crippen LogP contribution in [0.4, 0.5) is 11.5 Å². The van der Waals surface area contributed by atoms with Crippen molar-refractivity contribution in [2.75, 3.05) is 36.9 Å². The van der Waals surface area contributed by atoms with Gasteiger partial charge in [0.25, 0.3) is 0 Å². The number of H-pyrrole nitrogens is 1. The SMILES string of the molecule is CC(C)(CO)CNc1cc(NCCO)nc2cc(-c3ccn[nH]3)sc12. The van der Waals surface area contributed by atoms with E-state index in [1.165, 1.54) is 0 Å². The van der Waals surface area contributed by atoms with Crippen LogP contribution in [-0.2, 0) is 0 Å². The third-order valence-electron chi connectivity index (χ3n) is 3.85. The van der Waals surface area contributed by atoms with Gasteiger partial charge in [0.15, 0.2) is 0 Å². The summed E-state index contributed by atoms with van der Waals surface area (Å²) in [6.07, 6.45) is 1.73. The van der Waals surface area contributed by atoms with Gasteiger partial charge in [0.2, 0.25) is 0 Å². The lowest BCUT2D eigenvalue weighted by atomic mass is 9.95. The van der Waals surface area contributed by atoms with E-state index in [1.807, 2.05) is 32.0 Å². The van der Waals surface area contributed by atoms with Crippen molar-refractivity contribution in [2.24, 2.45) is 5.41 Å². The van der Waals surface area contributed by atoms with E-state index in [0.717, 1.165) is 26.5 Å². The molecule has 0 aliphatic heterocycles. The van der Waals surface area contributed by atoms with E-state index in [2.05, 4.69) is 25.8 Å². The Morgan fingerprint density at radius 2 is 2.08 bits per heavy atom. The lowest BCUT2D eigenvalue weighted by Gasteiger charge is -2.23. The molecule has 134 valence electrons. The van der Waals surface area contributed by atoms with Crippen LogP contribution in [0.25, 0.3) is 20.8 Å². The first kappa shape index (κ1) is 17.7. The standard InChI is InChI=1S/C17H23N5O2S/c1-17(2,10-24)9-19-12-8-15(18-5-6-23)21-13-7-14(25-16(12)13)11-3-4-20-22-11/h3-4,7-8,23-24H,5-6,9-10H2,1-2H3,(H,20,22)(H2,18,19,21). The molecule has 25 heavy (non-hydrogen) atoms. The van der Waals surface area contributed by atoms with Crippen molar-refractivity contribution >= 4 is 33.1 Å². The zero-order chi connectivity index (χ0) is 17.9. The Bertz CT molecular complexity index is 829. The number of nitrogens with zero attached hydrogens (tertiary/aromatic N) is 2. The van der Waals surface area contributed by atoms with Crippen molar-refractivity contribution in [1.29, 1.82) is 0 Å². The molecule has 3 heterocycles. The van der Waals surface area contributed by atoms with E-state index >= 15 is 0 Å². The minimum absolute atomic E-state index is 0.0447. The molecule has 0 aliphatic carbocycles. The van der Waals surface area contributed by atoms with Crippen LogP contribution in [0.1, 0.15) is 13.8 Å². The molecule has 3 aromatic rings. The molecule has 0 saturated heterocycles. The van der Waals surface area contributed by atoms with Crippen LogP contribution in [0.3, 0.4) is 0 Å². The van der Waals surface area contributed by atoms with Gasteiger partial charge in [-0.1, -0.05) is 13.8 Å². The second-order valence-corrected chi connectivity index (χ2v) is 7.73. The van der Waals surface area contributed by atoms with Gasteiger partial charge >= 0.3 is 0 Å². The van der Waals surface area contributed by atoms with Gasteiger partial charge in [-0.3, -0.25) is 5.10 Å². The number of hydrogen-bond donors (Lipinski definition) is 5. The number of aromatic amines is 1. The van der Waals surface area contributed by atoms with E-state index in [1.54, 1.807) is 17.5 Å². The molecule has 0 amide bonds. The van der Waals surface area contributed by atoms with E-state index in [-0.39, 0.29) is 18.6 Å². The van der Waals surface area contributed by atoms with Crippen molar-refractivity contribution in [2.45, 2.75) is 13.8 Å². The highest BCUT2D eigenvalue weighted by Gasteiger charge is 2.18. The van der Waals surface area contributed by atoms with Gasteiger partial charge in [-0.15, -0.1) is 11.3 Å². The number of nitrogens with one attached hydrogen (secondary N) is 3. The number of aliphatic hydroxyl groups is 2. The van der Waals surface area contributed by atoms with E-state index in [0.29, 0.717) is 18.9 Å². The maximum absolute atomic E-state index is 9.48. The summed E-state index contributed by atoms with van der Waals surface area (Å²) >= 11 is 1.64. The first-order chi connectivity index (χ1) is 12.0. The maximum Gasteiger partial charge on any atom is 0.128 e. The molecule has 0 bridgehead atoms. The zero-order valence-electron chi connectivity index (χ0n) is 14.3. The summed E-state index contributed by atoms with van der Waals surface area (Å²) in [5, 5.41) is 32.1. The third kappa shape index (κ3) is 4.09. The van der Waals surface area contributed by atoms with Gasteiger partial charge in [0.1, 0.15) is 5.82 Å². The van der Waals surface area contributed by atoms with Crippen LogP contribution in [0, 0.1) is 5.41 Å². The molecule has 3 aromatic heterocycles. The van der Waals surface area contributed by atoms with Gasteiger partial charge in [0, 0.05) is 37.4 Å². The van der Waals surface area contributed by atoms with Crippen LogP contribution in [-0.4, -0.2) is 51.7 Å². The predicted molar refractivity (Wildman–Crippen MR) is 102 cm³/mol. The van der Waals surface area contributed by atoms with E-state index < -0.39 is 0 Å². The van der Waals surface area contributed by atoms with Crippen molar-refractivity contribution in [1.82, 2.24) is 15.2 Å². The third-order valence-corrected chi connectivity index (χ3v) is 5.04. The lowest BCUT2D eigenvalue weighted by Crippen LogP contribution is -2.26. The molecule has 0 atom stereocenters. The summed E-state index contributed by atoms with van der Waals surface area (Å²) < 4.78 is 1.05. The number of aromatic nitrogens is 3. The number of hydrogen-bond acceptors (Lipinski definition) is 7. The molecule has 0 aliphatic rings. The highest BCUT2D eigenvalue weighted by Crippen LogP contribution is 2.37. The van der Waals surface area contributed by atoms with Crippen molar-refractivity contribution in [3.8, 4) is 10.6 Å². The van der Waals surface area contributed by atoms with Gasteiger partial charge in [-0.25, -0.2) is 4.98 Å². The number of rotatable bonds is 8. The molecule has 7 nitrogen and oxygen atoms in total. The molecule has 0 fully saturated rings. The predicted octanol–water partition coefficient (Wildman–Crippen LogP) is 2.52. The number of thiophene rings is 1. The molecule has 3 rings (SSSR count). The number of fused-ring (bicyclic) bond motifs is 1. The first-order valence-electron chi connectivity index (χ1n) is 8.16. The Balaban J connectivity index is 1.98. The molecule has 0 aromatic carbocycles. The Hall–Kier alpha value is -2.16. The average molecular weight is 361 g/mol. The summed E-state index contributed by atoms with van der Waals surface area (Å²) in [5.74, 6) is 0.708. The average Bonchev–Trinajstić information content (AvgIpc) is 3.26. The molecule has 8 heteroatoms.